The molecule has 0 aromatic heterocycles. The summed E-state index contributed by atoms with van der Waals surface area (Å²) in [6.45, 7) is 8.97. The van der Waals surface area contributed by atoms with Crippen molar-refractivity contribution in [1.29, 1.82) is 0 Å². The van der Waals surface area contributed by atoms with Crippen molar-refractivity contribution >= 4 is 22.0 Å². The first-order valence-electron chi connectivity index (χ1n) is 8.17. The predicted molar refractivity (Wildman–Crippen MR) is 90.8 cm³/mol. The number of nitrogens with two attached hydrogens (primary N) is 1. The van der Waals surface area contributed by atoms with Gasteiger partial charge in [-0.25, -0.2) is 18.4 Å². The Balaban J connectivity index is 2.58. The van der Waals surface area contributed by atoms with Gasteiger partial charge in [0.1, 0.15) is 5.60 Å². The molecule has 1 atom stereocenters. The monoisotopic (exact) mass is 363 g/mol. The second kappa shape index (κ2) is 8.15. The van der Waals surface area contributed by atoms with Gasteiger partial charge in [0.15, 0.2) is 0 Å². The molecule has 0 spiro atoms. The summed E-state index contributed by atoms with van der Waals surface area (Å²) in [5.41, 5.74) is -0.576. The van der Waals surface area contributed by atoms with Crippen LogP contribution in [0.25, 0.3) is 0 Å². The third kappa shape index (κ3) is 7.48. The van der Waals surface area contributed by atoms with Crippen molar-refractivity contribution in [3.63, 3.8) is 0 Å². The number of primary sulfonamides is 1. The third-order valence-electron chi connectivity index (χ3n) is 3.55. The van der Waals surface area contributed by atoms with Crippen molar-refractivity contribution < 1.29 is 22.7 Å². The van der Waals surface area contributed by atoms with E-state index < -0.39 is 21.7 Å². The summed E-state index contributed by atoms with van der Waals surface area (Å²) in [7, 11) is -3.59. The lowest BCUT2D eigenvalue weighted by atomic mass is 10.1. The van der Waals surface area contributed by atoms with Crippen LogP contribution in [-0.4, -0.2) is 67.8 Å². The standard InChI is InChI=1S/C15H29N3O5S/c1-5-6-17(14(20)23-15(2,3)4)7-8-18-10-12(9-13(18)19)11-24(16,21)22/h12H,5-11H2,1-4H3,(H2,16,21,22). The number of likely N-dealkylation sites (tertiary alicyclic amines) is 1. The Kier molecular flexibility index (Phi) is 7.03. The van der Waals surface area contributed by atoms with Crippen LogP contribution < -0.4 is 5.14 Å². The maximum Gasteiger partial charge on any atom is 0.410 e. The van der Waals surface area contributed by atoms with Gasteiger partial charge in [0, 0.05) is 38.5 Å². The molecule has 1 heterocycles. The smallest absolute Gasteiger partial charge is 0.410 e. The van der Waals surface area contributed by atoms with Gasteiger partial charge >= 0.3 is 6.09 Å². The van der Waals surface area contributed by atoms with Gasteiger partial charge in [0.25, 0.3) is 0 Å². The van der Waals surface area contributed by atoms with E-state index in [9.17, 15) is 18.0 Å². The Bertz CT molecular complexity index is 556. The summed E-state index contributed by atoms with van der Waals surface area (Å²) >= 11 is 0. The Morgan fingerprint density at radius 2 is 2.00 bits per heavy atom. The highest BCUT2D eigenvalue weighted by atomic mass is 32.2. The van der Waals surface area contributed by atoms with Crippen molar-refractivity contribution in [2.75, 3.05) is 31.9 Å². The number of carbonyl (C=O) groups excluding carboxylic acids is 2. The molecule has 0 bridgehead atoms. The molecule has 1 saturated heterocycles. The zero-order chi connectivity index (χ0) is 18.5. The molecule has 0 aromatic carbocycles. The van der Waals surface area contributed by atoms with Crippen molar-refractivity contribution in [3.05, 3.63) is 0 Å². The maximum absolute atomic E-state index is 12.2. The summed E-state index contributed by atoms with van der Waals surface area (Å²) in [6.07, 6.45) is 0.551. The minimum atomic E-state index is -3.59. The Hall–Kier alpha value is -1.35. The Morgan fingerprint density at radius 3 is 2.50 bits per heavy atom. The molecule has 0 aromatic rings. The molecule has 8 nitrogen and oxygen atoms in total. The van der Waals surface area contributed by atoms with Crippen LogP contribution in [0.3, 0.4) is 0 Å². The second-order valence-corrected chi connectivity index (χ2v) is 8.87. The molecule has 1 rings (SSSR count). The van der Waals surface area contributed by atoms with E-state index in [1.807, 2.05) is 6.92 Å². The highest BCUT2D eigenvalue weighted by Gasteiger charge is 2.32. The topological polar surface area (TPSA) is 110 Å². The van der Waals surface area contributed by atoms with Crippen molar-refractivity contribution in [2.24, 2.45) is 11.1 Å². The summed E-state index contributed by atoms with van der Waals surface area (Å²) in [6, 6.07) is 0. The third-order valence-corrected chi connectivity index (χ3v) is 4.48. The first-order chi connectivity index (χ1) is 10.9. The molecule has 0 aliphatic carbocycles. The molecular formula is C15H29N3O5S. The number of hydrogen-bond acceptors (Lipinski definition) is 5. The predicted octanol–water partition coefficient (Wildman–Crippen LogP) is 0.771. The van der Waals surface area contributed by atoms with Gasteiger partial charge in [0.2, 0.25) is 15.9 Å². The van der Waals surface area contributed by atoms with E-state index in [4.69, 9.17) is 9.88 Å². The van der Waals surface area contributed by atoms with Gasteiger partial charge < -0.3 is 14.5 Å². The SMILES string of the molecule is CCCN(CCN1CC(CS(N)(=O)=O)CC1=O)C(=O)OC(C)(C)C. The molecule has 2 N–H and O–H groups in total. The summed E-state index contributed by atoms with van der Waals surface area (Å²) < 4.78 is 27.7. The lowest BCUT2D eigenvalue weighted by Gasteiger charge is -2.28. The fourth-order valence-electron chi connectivity index (χ4n) is 2.64. The molecule has 1 unspecified atom stereocenters. The van der Waals surface area contributed by atoms with Crippen LogP contribution in [0.5, 0.6) is 0 Å². The molecule has 140 valence electrons. The summed E-state index contributed by atoms with van der Waals surface area (Å²) in [4.78, 5) is 27.3. The van der Waals surface area contributed by atoms with Gasteiger partial charge in [-0.15, -0.1) is 0 Å². The summed E-state index contributed by atoms with van der Waals surface area (Å²) in [5, 5.41) is 5.04. The number of carbonyl (C=O) groups is 2. The van der Waals surface area contributed by atoms with Gasteiger partial charge in [-0.05, 0) is 27.2 Å². The average Bonchev–Trinajstić information content (AvgIpc) is 2.70. The van der Waals surface area contributed by atoms with Crippen LogP contribution in [0.1, 0.15) is 40.5 Å². The zero-order valence-electron chi connectivity index (χ0n) is 14.9. The van der Waals surface area contributed by atoms with Gasteiger partial charge in [-0.1, -0.05) is 6.92 Å². The molecular weight excluding hydrogens is 334 g/mol. The van der Waals surface area contributed by atoms with E-state index in [-0.39, 0.29) is 24.0 Å². The second-order valence-electron chi connectivity index (χ2n) is 7.21. The number of hydrogen-bond donors (Lipinski definition) is 1. The highest BCUT2D eigenvalue weighted by molar-refractivity contribution is 7.89. The summed E-state index contributed by atoms with van der Waals surface area (Å²) in [5.74, 6) is -0.585. The fraction of sp³-hybridized carbons (Fsp3) is 0.867. The van der Waals surface area contributed by atoms with E-state index in [0.29, 0.717) is 26.2 Å². The fourth-order valence-corrected chi connectivity index (χ4v) is 3.52. The minimum Gasteiger partial charge on any atom is -0.444 e. The maximum atomic E-state index is 12.2. The quantitative estimate of drug-likeness (QED) is 0.718. The van der Waals surface area contributed by atoms with E-state index in [0.717, 1.165) is 6.42 Å². The van der Waals surface area contributed by atoms with Gasteiger partial charge in [-0.3, -0.25) is 4.79 Å². The van der Waals surface area contributed by atoms with Crippen LogP contribution in [0.2, 0.25) is 0 Å². The molecule has 1 aliphatic heterocycles. The number of nitrogens with zero attached hydrogens (tertiary/aromatic N) is 2. The highest BCUT2D eigenvalue weighted by Crippen LogP contribution is 2.19. The lowest BCUT2D eigenvalue weighted by molar-refractivity contribution is -0.127. The number of ether oxygens (including phenoxy) is 1. The van der Waals surface area contributed by atoms with E-state index in [1.165, 1.54) is 0 Å². The lowest BCUT2D eigenvalue weighted by Crippen LogP contribution is -2.42. The van der Waals surface area contributed by atoms with Crippen LogP contribution >= 0.6 is 0 Å². The molecule has 9 heteroatoms. The molecule has 2 amide bonds. The van der Waals surface area contributed by atoms with E-state index in [1.54, 1.807) is 30.6 Å². The first-order valence-corrected chi connectivity index (χ1v) is 9.89. The van der Waals surface area contributed by atoms with Crippen LogP contribution in [-0.2, 0) is 19.6 Å². The Morgan fingerprint density at radius 1 is 1.38 bits per heavy atom. The van der Waals surface area contributed by atoms with Crippen molar-refractivity contribution in [1.82, 2.24) is 9.80 Å². The first kappa shape index (κ1) is 20.7. The number of rotatable bonds is 7. The van der Waals surface area contributed by atoms with Gasteiger partial charge in [0.05, 0.1) is 5.75 Å². The number of amides is 2. The average molecular weight is 363 g/mol. The number of sulfonamides is 1. The van der Waals surface area contributed by atoms with E-state index >= 15 is 0 Å². The molecule has 24 heavy (non-hydrogen) atoms. The zero-order valence-corrected chi connectivity index (χ0v) is 15.8. The van der Waals surface area contributed by atoms with E-state index in [2.05, 4.69) is 0 Å². The molecule has 0 saturated carbocycles. The van der Waals surface area contributed by atoms with Crippen LogP contribution in [0.4, 0.5) is 4.79 Å². The molecule has 0 radical (unpaired) electrons. The molecule has 1 fully saturated rings. The largest absolute Gasteiger partial charge is 0.444 e. The van der Waals surface area contributed by atoms with Crippen molar-refractivity contribution in [3.8, 4) is 0 Å². The Labute approximate surface area is 144 Å². The molecule has 1 aliphatic rings. The normalized spacial score (nSPS) is 18.8. The minimum absolute atomic E-state index is 0.107. The van der Waals surface area contributed by atoms with Gasteiger partial charge in [-0.2, -0.15) is 0 Å². The van der Waals surface area contributed by atoms with Crippen LogP contribution in [0.15, 0.2) is 0 Å². The van der Waals surface area contributed by atoms with Crippen LogP contribution in [0, 0.1) is 5.92 Å². The van der Waals surface area contributed by atoms with Crippen molar-refractivity contribution in [2.45, 2.75) is 46.1 Å².